The van der Waals surface area contributed by atoms with Crippen LogP contribution in [0, 0.1) is 0 Å². The average Bonchev–Trinajstić information content (AvgIpc) is 2.74. The summed E-state index contributed by atoms with van der Waals surface area (Å²) in [6.45, 7) is 1.99. The van der Waals surface area contributed by atoms with Crippen LogP contribution in [-0.2, 0) is 19.9 Å². The number of rotatable bonds is 5. The fourth-order valence-corrected chi connectivity index (χ4v) is 2.49. The highest BCUT2D eigenvalue weighted by atomic mass is 35.5. The van der Waals surface area contributed by atoms with Gasteiger partial charge in [0, 0.05) is 7.05 Å². The molecule has 0 aliphatic rings. The fourth-order valence-electron chi connectivity index (χ4n) is 2.13. The monoisotopic (exact) mass is 292 g/mol. The Bertz CT molecular complexity index is 635. The number of aromatic nitrogens is 2. The molecule has 0 bridgehead atoms. The van der Waals surface area contributed by atoms with Crippen molar-refractivity contribution in [2.75, 3.05) is 7.11 Å². The van der Waals surface area contributed by atoms with E-state index in [1.807, 2.05) is 19.1 Å². The van der Waals surface area contributed by atoms with Gasteiger partial charge in [0.2, 0.25) is 0 Å². The molecule has 1 aromatic carbocycles. The number of hydrogen-bond acceptors (Lipinski definition) is 3. The molecule has 4 nitrogen and oxygen atoms in total. The first-order chi connectivity index (χ1) is 9.58. The fraction of sp³-hybridized carbons (Fsp3) is 0.333. The van der Waals surface area contributed by atoms with Gasteiger partial charge in [-0.15, -0.1) is 0 Å². The smallest absolute Gasteiger partial charge is 0.172 e. The Morgan fingerprint density at radius 2 is 2.10 bits per heavy atom. The molecule has 1 aromatic heterocycles. The van der Waals surface area contributed by atoms with E-state index in [0.717, 1.165) is 17.8 Å². The van der Waals surface area contributed by atoms with Crippen LogP contribution in [0.4, 0.5) is 0 Å². The number of ketones is 1. The Morgan fingerprint density at radius 1 is 1.40 bits per heavy atom. The number of carbonyl (C=O) groups excluding carboxylic acids is 1. The molecule has 0 saturated carbocycles. The van der Waals surface area contributed by atoms with Gasteiger partial charge in [-0.3, -0.25) is 9.48 Å². The lowest BCUT2D eigenvalue weighted by Crippen LogP contribution is -2.09. The van der Waals surface area contributed by atoms with Gasteiger partial charge in [0.1, 0.15) is 5.75 Å². The summed E-state index contributed by atoms with van der Waals surface area (Å²) in [5.74, 6) is 0.543. The summed E-state index contributed by atoms with van der Waals surface area (Å²) in [5, 5.41) is 4.90. The summed E-state index contributed by atoms with van der Waals surface area (Å²) in [6.07, 6.45) is 0.957. The number of para-hydroxylation sites is 1. The van der Waals surface area contributed by atoms with Gasteiger partial charge in [-0.1, -0.05) is 30.7 Å². The van der Waals surface area contributed by atoms with Crippen LogP contribution in [0.3, 0.4) is 0 Å². The zero-order chi connectivity index (χ0) is 14.7. The van der Waals surface area contributed by atoms with Gasteiger partial charge in [-0.2, -0.15) is 5.10 Å². The second-order valence-corrected chi connectivity index (χ2v) is 4.86. The maximum Gasteiger partial charge on any atom is 0.172 e. The second-order valence-electron chi connectivity index (χ2n) is 4.48. The van der Waals surface area contributed by atoms with E-state index in [2.05, 4.69) is 5.10 Å². The number of Topliss-reactive ketones (excluding diaryl/α,β-unsaturated/α-hetero) is 1. The molecule has 106 valence electrons. The second kappa shape index (κ2) is 6.09. The minimum Gasteiger partial charge on any atom is -0.496 e. The van der Waals surface area contributed by atoms with E-state index >= 15 is 0 Å². The first kappa shape index (κ1) is 14.6. The molecular formula is C15H17ClN2O2. The lowest BCUT2D eigenvalue weighted by Gasteiger charge is -2.07. The highest BCUT2D eigenvalue weighted by molar-refractivity contribution is 6.32. The minimum absolute atomic E-state index is 0.0324. The van der Waals surface area contributed by atoms with Crippen LogP contribution < -0.4 is 4.74 Å². The Balaban J connectivity index is 2.30. The van der Waals surface area contributed by atoms with Crippen LogP contribution in [0.5, 0.6) is 5.75 Å². The van der Waals surface area contributed by atoms with Gasteiger partial charge in [-0.05, 0) is 18.6 Å². The Hall–Kier alpha value is -1.81. The van der Waals surface area contributed by atoms with E-state index in [1.165, 1.54) is 0 Å². The van der Waals surface area contributed by atoms with Crippen LogP contribution in [-0.4, -0.2) is 22.7 Å². The lowest BCUT2D eigenvalue weighted by atomic mass is 10.1. The van der Waals surface area contributed by atoms with Crippen LogP contribution in [0.2, 0.25) is 5.02 Å². The van der Waals surface area contributed by atoms with Crippen molar-refractivity contribution in [2.24, 2.45) is 7.05 Å². The highest BCUT2D eigenvalue weighted by Crippen LogP contribution is 2.24. The highest BCUT2D eigenvalue weighted by Gasteiger charge is 2.19. The quantitative estimate of drug-likeness (QED) is 0.796. The molecule has 2 aromatic rings. The van der Waals surface area contributed by atoms with Crippen molar-refractivity contribution in [1.29, 1.82) is 0 Å². The zero-order valence-electron chi connectivity index (χ0n) is 11.8. The third kappa shape index (κ3) is 2.70. The van der Waals surface area contributed by atoms with Crippen molar-refractivity contribution < 1.29 is 9.53 Å². The van der Waals surface area contributed by atoms with Crippen molar-refractivity contribution in [3.63, 3.8) is 0 Å². The molecule has 20 heavy (non-hydrogen) atoms. The van der Waals surface area contributed by atoms with Crippen molar-refractivity contribution in [2.45, 2.75) is 19.8 Å². The van der Waals surface area contributed by atoms with Crippen LogP contribution in [0.1, 0.15) is 28.7 Å². The average molecular weight is 293 g/mol. The van der Waals surface area contributed by atoms with Gasteiger partial charge in [0.05, 0.1) is 35.5 Å². The number of carbonyl (C=O) groups is 1. The predicted molar refractivity (Wildman–Crippen MR) is 78.6 cm³/mol. The summed E-state index contributed by atoms with van der Waals surface area (Å²) in [6, 6.07) is 7.18. The van der Waals surface area contributed by atoms with Crippen LogP contribution in [0.15, 0.2) is 24.3 Å². The molecule has 0 N–H and O–H groups in total. The van der Waals surface area contributed by atoms with E-state index in [4.69, 9.17) is 16.3 Å². The Labute approximate surface area is 123 Å². The summed E-state index contributed by atoms with van der Waals surface area (Å²) < 4.78 is 6.89. The molecule has 0 spiro atoms. The summed E-state index contributed by atoms with van der Waals surface area (Å²) in [4.78, 5) is 12.4. The maximum atomic E-state index is 12.4. The first-order valence-electron chi connectivity index (χ1n) is 6.45. The van der Waals surface area contributed by atoms with Crippen molar-refractivity contribution >= 4 is 17.4 Å². The van der Waals surface area contributed by atoms with Crippen molar-refractivity contribution in [3.8, 4) is 5.75 Å². The van der Waals surface area contributed by atoms with Gasteiger partial charge < -0.3 is 4.74 Å². The molecule has 0 unspecified atom stereocenters. The number of aryl methyl sites for hydroxylation is 2. The Morgan fingerprint density at radius 3 is 2.70 bits per heavy atom. The number of methoxy groups -OCH3 is 1. The molecule has 1 heterocycles. The van der Waals surface area contributed by atoms with Crippen molar-refractivity contribution in [3.05, 3.63) is 46.2 Å². The van der Waals surface area contributed by atoms with E-state index in [0.29, 0.717) is 16.3 Å². The first-order valence-corrected chi connectivity index (χ1v) is 6.82. The molecule has 0 atom stereocenters. The maximum absolute atomic E-state index is 12.4. The number of nitrogens with zero attached hydrogens (tertiary/aromatic N) is 2. The standard InChI is InChI=1S/C15H17ClN2O2/c1-4-11-15(16)12(18(2)17-11)9-13(19)10-7-5-6-8-14(10)20-3/h5-8H,4,9H2,1-3H3. The number of ether oxygens (including phenoxy) is 1. The SMILES string of the molecule is CCc1nn(C)c(CC(=O)c2ccccc2OC)c1Cl. The normalized spacial score (nSPS) is 10.6. The number of hydrogen-bond donors (Lipinski definition) is 0. The van der Waals surface area contributed by atoms with E-state index in [1.54, 1.807) is 31.0 Å². The van der Waals surface area contributed by atoms with E-state index in [9.17, 15) is 4.79 Å². The predicted octanol–water partition coefficient (Wildman–Crippen LogP) is 3.07. The molecule has 0 fully saturated rings. The summed E-state index contributed by atoms with van der Waals surface area (Å²) >= 11 is 6.27. The summed E-state index contributed by atoms with van der Waals surface area (Å²) in [7, 11) is 3.36. The number of halogens is 1. The minimum atomic E-state index is -0.0324. The molecule has 2 rings (SSSR count). The molecule has 0 saturated heterocycles. The molecule has 0 aliphatic carbocycles. The zero-order valence-corrected chi connectivity index (χ0v) is 12.6. The topological polar surface area (TPSA) is 44.1 Å². The largest absolute Gasteiger partial charge is 0.496 e. The molecule has 0 amide bonds. The molecule has 0 aliphatic heterocycles. The Kier molecular flexibility index (Phi) is 4.45. The van der Waals surface area contributed by atoms with Crippen LogP contribution in [0.25, 0.3) is 0 Å². The van der Waals surface area contributed by atoms with E-state index < -0.39 is 0 Å². The van der Waals surface area contributed by atoms with Gasteiger partial charge in [-0.25, -0.2) is 0 Å². The third-order valence-corrected chi connectivity index (χ3v) is 3.67. The van der Waals surface area contributed by atoms with Gasteiger partial charge >= 0.3 is 0 Å². The molecule has 0 radical (unpaired) electrons. The van der Waals surface area contributed by atoms with Crippen LogP contribution >= 0.6 is 11.6 Å². The summed E-state index contributed by atoms with van der Waals surface area (Å²) in [5.41, 5.74) is 2.11. The third-order valence-electron chi connectivity index (χ3n) is 3.24. The van der Waals surface area contributed by atoms with Crippen molar-refractivity contribution in [1.82, 2.24) is 9.78 Å². The van der Waals surface area contributed by atoms with Gasteiger partial charge in [0.25, 0.3) is 0 Å². The van der Waals surface area contributed by atoms with Gasteiger partial charge in [0.15, 0.2) is 5.78 Å². The lowest BCUT2D eigenvalue weighted by molar-refractivity contribution is 0.0988. The number of benzene rings is 1. The molecule has 5 heteroatoms. The molecular weight excluding hydrogens is 276 g/mol. The van der Waals surface area contributed by atoms with E-state index in [-0.39, 0.29) is 12.2 Å².